The first-order valence-electron chi connectivity index (χ1n) is 7.02. The number of benzene rings is 2. The van der Waals surface area contributed by atoms with E-state index in [1.54, 1.807) is 37.3 Å². The van der Waals surface area contributed by atoms with Gasteiger partial charge < -0.3 is 4.74 Å². The number of nitro benzene ring substituents is 1. The number of carbonyl (C=O) groups excluding carboxylic acids is 1. The summed E-state index contributed by atoms with van der Waals surface area (Å²) in [5.41, 5.74) is 2.95. The predicted molar refractivity (Wildman–Crippen MR) is 95.4 cm³/mol. The third-order valence-electron chi connectivity index (χ3n) is 3.09. The van der Waals surface area contributed by atoms with Gasteiger partial charge in [-0.2, -0.15) is 5.10 Å². The van der Waals surface area contributed by atoms with E-state index >= 15 is 0 Å². The van der Waals surface area contributed by atoms with Crippen LogP contribution in [0.1, 0.15) is 12.5 Å². The third kappa shape index (κ3) is 5.44. The second-order valence-corrected chi connectivity index (χ2v) is 5.74. The van der Waals surface area contributed by atoms with Gasteiger partial charge in [0, 0.05) is 16.7 Å². The van der Waals surface area contributed by atoms with Crippen LogP contribution in [-0.4, -0.2) is 23.1 Å². The van der Waals surface area contributed by atoms with Gasteiger partial charge in [-0.25, -0.2) is 5.43 Å². The quantitative estimate of drug-likeness (QED) is 0.467. The van der Waals surface area contributed by atoms with E-state index in [2.05, 4.69) is 10.5 Å². The van der Waals surface area contributed by atoms with Crippen molar-refractivity contribution >= 4 is 40.5 Å². The molecule has 9 heteroatoms. The highest BCUT2D eigenvalue weighted by Gasteiger charge is 2.14. The molecule has 0 aliphatic heterocycles. The zero-order chi connectivity index (χ0) is 18.4. The van der Waals surface area contributed by atoms with Gasteiger partial charge in [-0.05, 0) is 37.3 Å². The molecule has 0 atom stereocenters. The molecule has 1 amide bonds. The molecule has 2 aromatic carbocycles. The Morgan fingerprint density at radius 3 is 2.56 bits per heavy atom. The molecule has 130 valence electrons. The summed E-state index contributed by atoms with van der Waals surface area (Å²) < 4.78 is 5.28. The lowest BCUT2D eigenvalue weighted by atomic mass is 10.1. The van der Waals surface area contributed by atoms with Crippen LogP contribution >= 0.6 is 23.2 Å². The van der Waals surface area contributed by atoms with E-state index in [1.165, 1.54) is 12.1 Å². The van der Waals surface area contributed by atoms with Gasteiger partial charge in [0.05, 0.1) is 10.6 Å². The van der Waals surface area contributed by atoms with E-state index in [0.717, 1.165) is 0 Å². The van der Waals surface area contributed by atoms with Gasteiger partial charge in [-0.15, -0.1) is 0 Å². The number of rotatable bonds is 6. The normalized spacial score (nSPS) is 11.1. The first kappa shape index (κ1) is 18.7. The van der Waals surface area contributed by atoms with Crippen molar-refractivity contribution in [2.45, 2.75) is 6.92 Å². The Balaban J connectivity index is 1.96. The maximum atomic E-state index is 11.7. The standard InChI is InChI=1S/C16H13Cl2N3O4/c1-10(11-2-7-14(18)15(8-11)21(23)24)19-20-16(22)9-25-13-5-3-12(17)4-6-13/h2-8H,9H2,1H3,(H,20,22)/b19-10-. The number of carbonyl (C=O) groups is 1. The Bertz CT molecular complexity index is 823. The van der Waals surface area contributed by atoms with Crippen molar-refractivity contribution in [2.75, 3.05) is 6.61 Å². The topological polar surface area (TPSA) is 93.8 Å². The zero-order valence-electron chi connectivity index (χ0n) is 13.0. The number of nitrogens with zero attached hydrogens (tertiary/aromatic N) is 2. The zero-order valence-corrected chi connectivity index (χ0v) is 14.5. The predicted octanol–water partition coefficient (Wildman–Crippen LogP) is 3.82. The number of nitro groups is 1. The van der Waals surface area contributed by atoms with Crippen LogP contribution in [-0.2, 0) is 4.79 Å². The second-order valence-electron chi connectivity index (χ2n) is 4.90. The molecule has 1 N–H and O–H groups in total. The van der Waals surface area contributed by atoms with Crippen molar-refractivity contribution in [3.63, 3.8) is 0 Å². The Hall–Kier alpha value is -2.64. The number of hydrogen-bond acceptors (Lipinski definition) is 5. The van der Waals surface area contributed by atoms with E-state index in [1.807, 2.05) is 0 Å². The molecule has 0 aliphatic rings. The Morgan fingerprint density at radius 2 is 1.92 bits per heavy atom. The maximum absolute atomic E-state index is 11.7. The van der Waals surface area contributed by atoms with Gasteiger partial charge in [0.2, 0.25) is 0 Å². The molecular formula is C16H13Cl2N3O4. The van der Waals surface area contributed by atoms with Gasteiger partial charge in [-0.1, -0.05) is 29.3 Å². The third-order valence-corrected chi connectivity index (χ3v) is 3.66. The van der Waals surface area contributed by atoms with Crippen molar-refractivity contribution in [3.05, 3.63) is 68.2 Å². The minimum Gasteiger partial charge on any atom is -0.484 e. The minimum atomic E-state index is -0.586. The van der Waals surface area contributed by atoms with E-state index in [-0.39, 0.29) is 17.3 Å². The molecule has 0 aromatic heterocycles. The van der Waals surface area contributed by atoms with Gasteiger partial charge >= 0.3 is 0 Å². The van der Waals surface area contributed by atoms with Gasteiger partial charge in [-0.3, -0.25) is 14.9 Å². The molecule has 7 nitrogen and oxygen atoms in total. The number of hydrazone groups is 1. The van der Waals surface area contributed by atoms with Crippen LogP contribution in [0.5, 0.6) is 5.75 Å². The first-order valence-corrected chi connectivity index (χ1v) is 7.78. The van der Waals surface area contributed by atoms with Crippen LogP contribution < -0.4 is 10.2 Å². The number of ether oxygens (including phenoxy) is 1. The summed E-state index contributed by atoms with van der Waals surface area (Å²) in [7, 11) is 0. The van der Waals surface area contributed by atoms with Crippen LogP contribution in [0.2, 0.25) is 10.0 Å². The number of hydrogen-bond donors (Lipinski definition) is 1. The van der Waals surface area contributed by atoms with Gasteiger partial charge in [0.25, 0.3) is 11.6 Å². The van der Waals surface area contributed by atoms with Crippen molar-refractivity contribution < 1.29 is 14.5 Å². The van der Waals surface area contributed by atoms with Crippen molar-refractivity contribution in [2.24, 2.45) is 5.10 Å². The van der Waals surface area contributed by atoms with Crippen LogP contribution in [0, 0.1) is 10.1 Å². The summed E-state index contributed by atoms with van der Waals surface area (Å²) in [4.78, 5) is 22.1. The summed E-state index contributed by atoms with van der Waals surface area (Å²) in [6, 6.07) is 10.8. The van der Waals surface area contributed by atoms with Gasteiger partial charge in [0.1, 0.15) is 10.8 Å². The molecule has 0 unspecified atom stereocenters. The van der Waals surface area contributed by atoms with Crippen molar-refractivity contribution in [1.82, 2.24) is 5.43 Å². The second kappa shape index (κ2) is 8.46. The number of nitrogens with one attached hydrogen (secondary N) is 1. The summed E-state index contributed by atoms with van der Waals surface area (Å²) in [6.45, 7) is 1.37. The smallest absolute Gasteiger partial charge is 0.288 e. The lowest BCUT2D eigenvalue weighted by Crippen LogP contribution is -2.25. The van der Waals surface area contributed by atoms with Crippen molar-refractivity contribution in [3.8, 4) is 5.75 Å². The summed E-state index contributed by atoms with van der Waals surface area (Å²) >= 11 is 11.5. The first-order chi connectivity index (χ1) is 11.9. The molecule has 0 heterocycles. The number of amides is 1. The average molecular weight is 382 g/mol. The maximum Gasteiger partial charge on any atom is 0.288 e. The molecule has 25 heavy (non-hydrogen) atoms. The molecule has 0 bridgehead atoms. The average Bonchev–Trinajstić information content (AvgIpc) is 2.59. The summed E-state index contributed by atoms with van der Waals surface area (Å²) in [5.74, 6) is 0.0198. The monoisotopic (exact) mass is 381 g/mol. The molecule has 0 radical (unpaired) electrons. The van der Waals surface area contributed by atoms with E-state index < -0.39 is 10.8 Å². The molecular weight excluding hydrogens is 369 g/mol. The molecule has 0 fully saturated rings. The Kier molecular flexibility index (Phi) is 6.32. The molecule has 0 aliphatic carbocycles. The van der Waals surface area contributed by atoms with E-state index in [9.17, 15) is 14.9 Å². The van der Waals surface area contributed by atoms with Gasteiger partial charge in [0.15, 0.2) is 6.61 Å². The molecule has 0 spiro atoms. The van der Waals surface area contributed by atoms with Crippen LogP contribution in [0.3, 0.4) is 0 Å². The van der Waals surface area contributed by atoms with E-state index in [0.29, 0.717) is 22.0 Å². The highest BCUT2D eigenvalue weighted by molar-refractivity contribution is 6.32. The molecule has 2 rings (SSSR count). The summed E-state index contributed by atoms with van der Waals surface area (Å²) in [5, 5.41) is 15.4. The fraction of sp³-hybridized carbons (Fsp3) is 0.125. The fourth-order valence-corrected chi connectivity index (χ4v) is 2.11. The molecule has 0 saturated carbocycles. The molecule has 0 saturated heterocycles. The van der Waals surface area contributed by atoms with E-state index in [4.69, 9.17) is 27.9 Å². The SMILES string of the molecule is C/C(=N/NC(=O)COc1ccc(Cl)cc1)c1ccc(Cl)c([N+](=O)[O-])c1. The van der Waals surface area contributed by atoms with Crippen LogP contribution in [0.25, 0.3) is 0 Å². The lowest BCUT2D eigenvalue weighted by Gasteiger charge is -2.06. The van der Waals surface area contributed by atoms with Crippen molar-refractivity contribution in [1.29, 1.82) is 0 Å². The molecule has 2 aromatic rings. The largest absolute Gasteiger partial charge is 0.484 e. The lowest BCUT2D eigenvalue weighted by molar-refractivity contribution is -0.384. The minimum absolute atomic E-state index is 0.0296. The highest BCUT2D eigenvalue weighted by atomic mass is 35.5. The Morgan fingerprint density at radius 1 is 1.24 bits per heavy atom. The Labute approximate surface area is 153 Å². The highest BCUT2D eigenvalue weighted by Crippen LogP contribution is 2.25. The number of halogens is 2. The van der Waals surface area contributed by atoms with Crippen LogP contribution in [0.15, 0.2) is 47.6 Å². The summed E-state index contributed by atoms with van der Waals surface area (Å²) in [6.07, 6.45) is 0. The fourth-order valence-electron chi connectivity index (χ4n) is 1.80. The van der Waals surface area contributed by atoms with Crippen LogP contribution in [0.4, 0.5) is 5.69 Å².